The second kappa shape index (κ2) is 6.28. The highest BCUT2D eigenvalue weighted by molar-refractivity contribution is 5.80. The average molecular weight is 327 g/mol. The molecule has 0 saturated carbocycles. The quantitative estimate of drug-likeness (QED) is 0.772. The number of hydrogen-bond acceptors (Lipinski definition) is 3. The zero-order valence-electron chi connectivity index (χ0n) is 13.8. The number of hydrogen-bond donors (Lipinski definition) is 2. The Labute approximate surface area is 140 Å². The van der Waals surface area contributed by atoms with E-state index in [0.29, 0.717) is 12.6 Å². The fraction of sp³-hybridized carbons (Fsp3) is 0.389. The number of nitrogens with zero attached hydrogens (tertiary/aromatic N) is 3. The molecular formula is C18H22FN5. The van der Waals surface area contributed by atoms with Crippen LogP contribution in [0.5, 0.6) is 0 Å². The smallest absolute Gasteiger partial charge is 0.125 e. The number of fused-ring (bicyclic) bond motifs is 1. The minimum atomic E-state index is -0.219. The number of aromatic amines is 1. The number of anilines is 1. The van der Waals surface area contributed by atoms with Gasteiger partial charge in [-0.05, 0) is 62.6 Å². The van der Waals surface area contributed by atoms with E-state index in [1.54, 1.807) is 6.07 Å². The van der Waals surface area contributed by atoms with Gasteiger partial charge in [-0.1, -0.05) is 0 Å². The zero-order valence-corrected chi connectivity index (χ0v) is 13.8. The lowest BCUT2D eigenvalue weighted by Crippen LogP contribution is -2.31. The minimum absolute atomic E-state index is 0.219. The summed E-state index contributed by atoms with van der Waals surface area (Å²) in [6, 6.07) is 7.34. The number of benzene rings is 1. The van der Waals surface area contributed by atoms with E-state index < -0.39 is 0 Å². The SMILES string of the molecule is CN1CCC(n2cc(NCc3cc4ccc(F)cc4[nH]3)cn2)CC1. The van der Waals surface area contributed by atoms with Crippen LogP contribution in [0, 0.1) is 5.82 Å². The maximum Gasteiger partial charge on any atom is 0.125 e. The van der Waals surface area contributed by atoms with Crippen LogP contribution in [-0.2, 0) is 6.54 Å². The standard InChI is InChI=1S/C18H22FN5/c1-23-6-4-17(5-7-23)24-12-16(11-21-24)20-10-15-8-13-2-3-14(19)9-18(13)22-15/h2-3,8-9,11-12,17,20,22H,4-7,10H2,1H3. The van der Waals surface area contributed by atoms with E-state index in [-0.39, 0.29) is 5.82 Å². The number of aromatic nitrogens is 3. The van der Waals surface area contributed by atoms with E-state index >= 15 is 0 Å². The summed E-state index contributed by atoms with van der Waals surface area (Å²) in [5, 5.41) is 8.92. The molecule has 1 aromatic carbocycles. The first kappa shape index (κ1) is 15.2. The number of H-pyrrole nitrogens is 1. The molecule has 1 aliphatic rings. The molecule has 0 spiro atoms. The first-order valence-electron chi connectivity index (χ1n) is 8.41. The Morgan fingerprint density at radius 2 is 2.12 bits per heavy atom. The van der Waals surface area contributed by atoms with Crippen LogP contribution >= 0.6 is 0 Å². The summed E-state index contributed by atoms with van der Waals surface area (Å²) >= 11 is 0. The number of piperidine rings is 1. The lowest BCUT2D eigenvalue weighted by molar-refractivity contribution is 0.212. The predicted molar refractivity (Wildman–Crippen MR) is 93.6 cm³/mol. The topological polar surface area (TPSA) is 48.9 Å². The fourth-order valence-electron chi connectivity index (χ4n) is 3.34. The van der Waals surface area contributed by atoms with Gasteiger partial charge < -0.3 is 15.2 Å². The Morgan fingerprint density at radius 1 is 1.29 bits per heavy atom. The van der Waals surface area contributed by atoms with Crippen molar-refractivity contribution in [2.24, 2.45) is 0 Å². The van der Waals surface area contributed by atoms with Crippen LogP contribution in [0.1, 0.15) is 24.6 Å². The molecule has 0 unspecified atom stereocenters. The Kier molecular flexibility index (Phi) is 3.98. The summed E-state index contributed by atoms with van der Waals surface area (Å²) in [5.74, 6) is -0.219. The molecule has 1 fully saturated rings. The van der Waals surface area contributed by atoms with E-state index in [9.17, 15) is 4.39 Å². The number of likely N-dealkylation sites (tertiary alicyclic amines) is 1. The Hall–Kier alpha value is -2.34. The summed E-state index contributed by atoms with van der Waals surface area (Å²) in [5.41, 5.74) is 2.87. The van der Waals surface area contributed by atoms with Crippen LogP contribution in [-0.4, -0.2) is 39.8 Å². The second-order valence-corrected chi connectivity index (χ2v) is 6.62. The predicted octanol–water partition coefficient (Wildman–Crippen LogP) is 3.38. The summed E-state index contributed by atoms with van der Waals surface area (Å²) in [6.45, 7) is 2.91. The maximum atomic E-state index is 13.3. The van der Waals surface area contributed by atoms with Gasteiger partial charge in [-0.2, -0.15) is 5.10 Å². The molecule has 0 radical (unpaired) electrons. The molecule has 1 aliphatic heterocycles. The molecule has 5 nitrogen and oxygen atoms in total. The van der Waals surface area contributed by atoms with Gasteiger partial charge in [0.05, 0.1) is 24.5 Å². The van der Waals surface area contributed by atoms with Crippen LogP contribution in [0.2, 0.25) is 0 Å². The molecule has 126 valence electrons. The molecule has 0 aliphatic carbocycles. The number of halogens is 1. The summed E-state index contributed by atoms with van der Waals surface area (Å²) in [7, 11) is 2.17. The molecule has 2 aromatic heterocycles. The third kappa shape index (κ3) is 3.14. The lowest BCUT2D eigenvalue weighted by atomic mass is 10.1. The number of nitrogens with one attached hydrogen (secondary N) is 2. The largest absolute Gasteiger partial charge is 0.377 e. The maximum absolute atomic E-state index is 13.3. The zero-order chi connectivity index (χ0) is 16.5. The van der Waals surface area contributed by atoms with Gasteiger partial charge in [-0.25, -0.2) is 4.39 Å². The van der Waals surface area contributed by atoms with E-state index in [1.807, 2.05) is 12.3 Å². The molecule has 6 heteroatoms. The van der Waals surface area contributed by atoms with Gasteiger partial charge in [0.2, 0.25) is 0 Å². The van der Waals surface area contributed by atoms with Gasteiger partial charge in [0.1, 0.15) is 5.82 Å². The molecule has 1 saturated heterocycles. The van der Waals surface area contributed by atoms with Crippen LogP contribution in [0.3, 0.4) is 0 Å². The van der Waals surface area contributed by atoms with Gasteiger partial charge in [-0.15, -0.1) is 0 Å². The van der Waals surface area contributed by atoms with E-state index in [4.69, 9.17) is 0 Å². The lowest BCUT2D eigenvalue weighted by Gasteiger charge is -2.28. The molecular weight excluding hydrogens is 305 g/mol. The molecule has 3 heterocycles. The minimum Gasteiger partial charge on any atom is -0.377 e. The van der Waals surface area contributed by atoms with Crippen molar-refractivity contribution in [3.8, 4) is 0 Å². The second-order valence-electron chi connectivity index (χ2n) is 6.62. The van der Waals surface area contributed by atoms with Gasteiger partial charge in [0.25, 0.3) is 0 Å². The highest BCUT2D eigenvalue weighted by atomic mass is 19.1. The van der Waals surface area contributed by atoms with Crippen molar-refractivity contribution in [3.05, 3.63) is 48.2 Å². The van der Waals surface area contributed by atoms with Crippen molar-refractivity contribution in [3.63, 3.8) is 0 Å². The van der Waals surface area contributed by atoms with Crippen LogP contribution in [0.15, 0.2) is 36.7 Å². The third-order valence-corrected chi connectivity index (χ3v) is 4.79. The molecule has 2 N–H and O–H groups in total. The molecule has 0 bridgehead atoms. The fourth-order valence-corrected chi connectivity index (χ4v) is 3.34. The Balaban J connectivity index is 1.40. The van der Waals surface area contributed by atoms with Gasteiger partial charge in [0, 0.05) is 17.4 Å². The van der Waals surface area contributed by atoms with Crippen molar-refractivity contribution in [2.45, 2.75) is 25.4 Å². The molecule has 24 heavy (non-hydrogen) atoms. The van der Waals surface area contributed by atoms with E-state index in [0.717, 1.165) is 48.2 Å². The van der Waals surface area contributed by atoms with Crippen molar-refractivity contribution < 1.29 is 4.39 Å². The molecule has 3 aromatic rings. The van der Waals surface area contributed by atoms with E-state index in [2.05, 4.69) is 38.2 Å². The van der Waals surface area contributed by atoms with Crippen molar-refractivity contribution in [1.29, 1.82) is 0 Å². The normalized spacial score (nSPS) is 16.8. The van der Waals surface area contributed by atoms with Gasteiger partial charge >= 0.3 is 0 Å². The molecule has 0 atom stereocenters. The summed E-state index contributed by atoms with van der Waals surface area (Å²) < 4.78 is 15.3. The Morgan fingerprint density at radius 3 is 2.96 bits per heavy atom. The van der Waals surface area contributed by atoms with Crippen LogP contribution in [0.4, 0.5) is 10.1 Å². The highest BCUT2D eigenvalue weighted by Gasteiger charge is 2.18. The van der Waals surface area contributed by atoms with Gasteiger partial charge in [-0.3, -0.25) is 4.68 Å². The molecule has 4 rings (SSSR count). The monoisotopic (exact) mass is 327 g/mol. The molecule has 0 amide bonds. The Bertz CT molecular complexity index is 829. The van der Waals surface area contributed by atoms with E-state index in [1.165, 1.54) is 12.1 Å². The third-order valence-electron chi connectivity index (χ3n) is 4.79. The first-order chi connectivity index (χ1) is 11.7. The highest BCUT2D eigenvalue weighted by Crippen LogP contribution is 2.23. The van der Waals surface area contributed by atoms with Gasteiger partial charge in [0.15, 0.2) is 0 Å². The first-order valence-corrected chi connectivity index (χ1v) is 8.41. The van der Waals surface area contributed by atoms with Crippen molar-refractivity contribution in [1.82, 2.24) is 19.7 Å². The number of rotatable bonds is 4. The van der Waals surface area contributed by atoms with Crippen LogP contribution < -0.4 is 5.32 Å². The van der Waals surface area contributed by atoms with Crippen LogP contribution in [0.25, 0.3) is 10.9 Å². The van der Waals surface area contributed by atoms with Crippen molar-refractivity contribution >= 4 is 16.6 Å². The summed E-state index contributed by atoms with van der Waals surface area (Å²) in [4.78, 5) is 5.61. The average Bonchev–Trinajstić information content (AvgIpc) is 3.19. The summed E-state index contributed by atoms with van der Waals surface area (Å²) in [6.07, 6.45) is 6.25. The van der Waals surface area contributed by atoms with Crippen molar-refractivity contribution in [2.75, 3.05) is 25.5 Å².